The normalized spacial score (nSPS) is 13.8. The summed E-state index contributed by atoms with van der Waals surface area (Å²) in [7, 11) is 0. The third kappa shape index (κ3) is 6.53. The van der Waals surface area contributed by atoms with Crippen LogP contribution in [-0.4, -0.2) is 39.7 Å². The molecule has 0 spiro atoms. The first kappa shape index (κ1) is 24.9. The predicted octanol–water partition coefficient (Wildman–Crippen LogP) is 4.85. The van der Waals surface area contributed by atoms with Crippen LogP contribution in [0.3, 0.4) is 0 Å². The lowest BCUT2D eigenvalue weighted by Crippen LogP contribution is -2.41. The lowest BCUT2D eigenvalue weighted by Gasteiger charge is -2.23. The van der Waals surface area contributed by atoms with Crippen molar-refractivity contribution in [2.75, 3.05) is 18.5 Å². The van der Waals surface area contributed by atoms with Crippen molar-refractivity contribution in [3.8, 4) is 10.9 Å². The largest absolute Gasteiger partial charge is 0.431 e. The number of nitrogens with one attached hydrogen (secondary N) is 2. The van der Waals surface area contributed by atoms with E-state index in [1.807, 2.05) is 29.6 Å². The third-order valence-corrected chi connectivity index (χ3v) is 6.69. The van der Waals surface area contributed by atoms with E-state index in [0.717, 1.165) is 5.56 Å². The number of aromatic nitrogens is 3. The first-order chi connectivity index (χ1) is 18.0. The van der Waals surface area contributed by atoms with Crippen LogP contribution in [0.1, 0.15) is 28.8 Å². The Kier molecular flexibility index (Phi) is 7.79. The first-order valence-electron chi connectivity index (χ1n) is 11.7. The fourth-order valence-electron chi connectivity index (χ4n) is 3.86. The second-order valence-corrected chi connectivity index (χ2v) is 9.74. The molecule has 0 radical (unpaired) electrons. The molecular formula is C26H24ClN5O4S. The second-order valence-electron chi connectivity index (χ2n) is 8.45. The molecule has 0 unspecified atom stereocenters. The van der Waals surface area contributed by atoms with Gasteiger partial charge in [0, 0.05) is 47.7 Å². The van der Waals surface area contributed by atoms with Crippen LogP contribution >= 0.6 is 22.9 Å². The maximum Gasteiger partial charge on any atom is 0.287 e. The van der Waals surface area contributed by atoms with E-state index < -0.39 is 11.5 Å². The van der Waals surface area contributed by atoms with Crippen molar-refractivity contribution in [2.24, 2.45) is 0 Å². The van der Waals surface area contributed by atoms with Gasteiger partial charge in [0.05, 0.1) is 6.54 Å². The Labute approximate surface area is 222 Å². The summed E-state index contributed by atoms with van der Waals surface area (Å²) < 4.78 is 12.8. The average Bonchev–Trinajstić information content (AvgIpc) is 3.41. The Morgan fingerprint density at radius 1 is 1.14 bits per heavy atom. The molecule has 11 heteroatoms. The van der Waals surface area contributed by atoms with Gasteiger partial charge in [0.1, 0.15) is 11.3 Å². The van der Waals surface area contributed by atoms with Crippen molar-refractivity contribution in [3.63, 3.8) is 0 Å². The number of benzene rings is 2. The molecule has 0 saturated carbocycles. The maximum atomic E-state index is 13.0. The van der Waals surface area contributed by atoms with Gasteiger partial charge in [-0.1, -0.05) is 35.1 Å². The molecule has 1 saturated heterocycles. The lowest BCUT2D eigenvalue weighted by atomic mass is 10.1. The minimum atomic E-state index is -0.608. The summed E-state index contributed by atoms with van der Waals surface area (Å²) in [5.41, 5.74) is 1.00. The predicted molar refractivity (Wildman–Crippen MR) is 142 cm³/mol. The molecule has 2 aromatic carbocycles. The van der Waals surface area contributed by atoms with E-state index in [2.05, 4.69) is 20.6 Å². The van der Waals surface area contributed by atoms with Gasteiger partial charge in [-0.25, -0.2) is 4.98 Å². The van der Waals surface area contributed by atoms with E-state index in [1.54, 1.807) is 41.2 Å². The van der Waals surface area contributed by atoms with Gasteiger partial charge in [0.15, 0.2) is 0 Å². The van der Waals surface area contributed by atoms with Gasteiger partial charge in [-0.2, -0.15) is 4.98 Å². The number of anilines is 2. The topological polar surface area (TPSA) is 107 Å². The summed E-state index contributed by atoms with van der Waals surface area (Å²) in [6.07, 6.45) is 4.63. The van der Waals surface area contributed by atoms with Crippen LogP contribution in [0.15, 0.2) is 71.1 Å². The van der Waals surface area contributed by atoms with Crippen molar-refractivity contribution >= 4 is 40.5 Å². The van der Waals surface area contributed by atoms with Crippen molar-refractivity contribution < 1.29 is 14.3 Å². The van der Waals surface area contributed by atoms with Crippen LogP contribution in [-0.2, 0) is 11.3 Å². The van der Waals surface area contributed by atoms with Gasteiger partial charge in [-0.3, -0.25) is 9.59 Å². The monoisotopic (exact) mass is 537 g/mol. The molecule has 0 bridgehead atoms. The molecule has 1 aliphatic heterocycles. The highest BCUT2D eigenvalue weighted by Gasteiger charge is 2.21. The Morgan fingerprint density at radius 2 is 1.89 bits per heavy atom. The standard InChI is InChI=1S/C26H24ClN5O4S/c27-18-3-1-17(2-4-18)15-32-16-22(23(33)29-20-9-12-35-13-10-20)24(34)31-25(32)30-19-5-7-21(8-6-19)36-26-28-11-14-37-26/h1-8,11,14,16,20H,9-10,12-13,15H2,(H,29,33)(H,30,31,34). The molecule has 1 aliphatic rings. The minimum absolute atomic E-state index is 0.0156. The molecular weight excluding hydrogens is 514 g/mol. The zero-order valence-corrected chi connectivity index (χ0v) is 21.3. The summed E-state index contributed by atoms with van der Waals surface area (Å²) in [6.45, 7) is 1.54. The molecule has 190 valence electrons. The average molecular weight is 538 g/mol. The summed E-state index contributed by atoms with van der Waals surface area (Å²) in [5, 5.41) is 9.14. The Balaban J connectivity index is 1.40. The van der Waals surface area contributed by atoms with Crippen LogP contribution in [0.4, 0.5) is 11.6 Å². The zero-order valence-electron chi connectivity index (χ0n) is 19.7. The number of carbonyl (C=O) groups is 1. The SMILES string of the molecule is O=C(NC1CCOCC1)c1cn(Cc2ccc(Cl)cc2)c(Nc2ccc(Oc3nccs3)cc2)nc1=O. The summed E-state index contributed by atoms with van der Waals surface area (Å²) in [4.78, 5) is 34.2. The van der Waals surface area contributed by atoms with Crippen LogP contribution < -0.4 is 20.9 Å². The zero-order chi connectivity index (χ0) is 25.6. The number of rotatable bonds is 8. The van der Waals surface area contributed by atoms with Crippen molar-refractivity contribution in [3.05, 3.63) is 92.8 Å². The van der Waals surface area contributed by atoms with Crippen LogP contribution in [0.2, 0.25) is 5.02 Å². The van der Waals surface area contributed by atoms with E-state index in [1.165, 1.54) is 11.3 Å². The molecule has 3 heterocycles. The quantitative estimate of drug-likeness (QED) is 0.331. The molecule has 9 nitrogen and oxygen atoms in total. The molecule has 0 atom stereocenters. The minimum Gasteiger partial charge on any atom is -0.431 e. The summed E-state index contributed by atoms with van der Waals surface area (Å²) >= 11 is 7.44. The number of amides is 1. The fourth-order valence-corrected chi connectivity index (χ4v) is 4.49. The van der Waals surface area contributed by atoms with Crippen LogP contribution in [0.5, 0.6) is 10.9 Å². The number of ether oxygens (including phenoxy) is 2. The molecule has 5 rings (SSSR count). The fraction of sp³-hybridized carbons (Fsp3) is 0.231. The second kappa shape index (κ2) is 11.5. The highest BCUT2D eigenvalue weighted by atomic mass is 35.5. The smallest absolute Gasteiger partial charge is 0.287 e. The Morgan fingerprint density at radius 3 is 2.59 bits per heavy atom. The van der Waals surface area contributed by atoms with Crippen molar-refractivity contribution in [1.82, 2.24) is 19.9 Å². The third-order valence-electron chi connectivity index (χ3n) is 5.79. The van der Waals surface area contributed by atoms with Gasteiger partial charge in [-0.05, 0) is 54.8 Å². The molecule has 1 amide bonds. The highest BCUT2D eigenvalue weighted by molar-refractivity contribution is 7.11. The summed E-state index contributed by atoms with van der Waals surface area (Å²) in [6, 6.07) is 14.5. The molecule has 4 aromatic rings. The number of hydrogen-bond acceptors (Lipinski definition) is 8. The Bertz CT molecular complexity index is 1400. The van der Waals surface area contributed by atoms with E-state index in [9.17, 15) is 9.59 Å². The number of hydrogen-bond donors (Lipinski definition) is 2. The maximum absolute atomic E-state index is 13.0. The van der Waals surface area contributed by atoms with Gasteiger partial charge in [-0.15, -0.1) is 0 Å². The number of halogens is 1. The van der Waals surface area contributed by atoms with Crippen LogP contribution in [0, 0.1) is 0 Å². The van der Waals surface area contributed by atoms with E-state index in [-0.39, 0.29) is 11.6 Å². The number of nitrogens with zero attached hydrogens (tertiary/aromatic N) is 3. The van der Waals surface area contributed by atoms with Crippen LogP contribution in [0.25, 0.3) is 0 Å². The number of thiazole rings is 1. The van der Waals surface area contributed by atoms with E-state index >= 15 is 0 Å². The van der Waals surface area contributed by atoms with Gasteiger partial charge >= 0.3 is 0 Å². The first-order valence-corrected chi connectivity index (χ1v) is 13.0. The van der Waals surface area contributed by atoms with Gasteiger partial charge < -0.3 is 24.7 Å². The highest BCUT2D eigenvalue weighted by Crippen LogP contribution is 2.25. The summed E-state index contributed by atoms with van der Waals surface area (Å²) in [5.74, 6) is 0.493. The van der Waals surface area contributed by atoms with Crippen molar-refractivity contribution in [2.45, 2.75) is 25.4 Å². The van der Waals surface area contributed by atoms with E-state index in [0.29, 0.717) is 60.2 Å². The lowest BCUT2D eigenvalue weighted by molar-refractivity contribution is 0.0695. The molecule has 0 aliphatic carbocycles. The van der Waals surface area contributed by atoms with Crippen molar-refractivity contribution in [1.29, 1.82) is 0 Å². The molecule has 2 aromatic heterocycles. The number of carbonyl (C=O) groups excluding carboxylic acids is 1. The molecule has 1 fully saturated rings. The van der Waals surface area contributed by atoms with Gasteiger partial charge in [0.2, 0.25) is 5.95 Å². The van der Waals surface area contributed by atoms with E-state index in [4.69, 9.17) is 21.1 Å². The molecule has 37 heavy (non-hydrogen) atoms. The van der Waals surface area contributed by atoms with Gasteiger partial charge in [0.25, 0.3) is 16.7 Å². The molecule has 2 N–H and O–H groups in total. The Hall–Kier alpha value is -3.73.